The predicted octanol–water partition coefficient (Wildman–Crippen LogP) is 3.04. The lowest BCUT2D eigenvalue weighted by Crippen LogP contribution is -2.47. The molecule has 1 aromatic rings. The van der Waals surface area contributed by atoms with Crippen molar-refractivity contribution in [3.63, 3.8) is 0 Å². The van der Waals surface area contributed by atoms with Crippen LogP contribution in [0.15, 0.2) is 18.2 Å². The third kappa shape index (κ3) is 3.66. The predicted molar refractivity (Wildman–Crippen MR) is 85.9 cm³/mol. The summed E-state index contributed by atoms with van der Waals surface area (Å²) in [6.07, 6.45) is 1.02. The van der Waals surface area contributed by atoms with Crippen LogP contribution in [0.4, 0.5) is 5.69 Å². The van der Waals surface area contributed by atoms with Gasteiger partial charge in [-0.2, -0.15) is 0 Å². The zero-order chi connectivity index (χ0) is 14.5. The summed E-state index contributed by atoms with van der Waals surface area (Å²) in [4.78, 5) is 5.07. The Hall–Kier alpha value is -1.22. The van der Waals surface area contributed by atoms with Gasteiger partial charge in [0.25, 0.3) is 0 Å². The van der Waals surface area contributed by atoms with Gasteiger partial charge in [-0.15, -0.1) is 0 Å². The summed E-state index contributed by atoms with van der Waals surface area (Å²) in [5, 5.41) is 0. The van der Waals surface area contributed by atoms with Crippen LogP contribution in [0, 0.1) is 5.92 Å². The fourth-order valence-electron chi connectivity index (χ4n) is 2.94. The van der Waals surface area contributed by atoms with E-state index in [2.05, 4.69) is 48.8 Å². The summed E-state index contributed by atoms with van der Waals surface area (Å²) in [6.45, 7) is 12.6. The van der Waals surface area contributed by atoms with Crippen molar-refractivity contribution in [3.05, 3.63) is 23.8 Å². The topological polar surface area (TPSA) is 15.7 Å². The van der Waals surface area contributed by atoms with Crippen molar-refractivity contribution < 1.29 is 4.74 Å². The van der Waals surface area contributed by atoms with Crippen molar-refractivity contribution in [1.82, 2.24) is 4.90 Å². The fraction of sp³-hybridized carbons (Fsp3) is 0.647. The highest BCUT2D eigenvalue weighted by Gasteiger charge is 2.18. The van der Waals surface area contributed by atoms with Gasteiger partial charge in [0.2, 0.25) is 0 Å². The van der Waals surface area contributed by atoms with Gasteiger partial charge < -0.3 is 9.64 Å². The van der Waals surface area contributed by atoms with E-state index >= 15 is 0 Å². The first-order valence-corrected chi connectivity index (χ1v) is 7.78. The Morgan fingerprint density at radius 2 is 1.85 bits per heavy atom. The molecule has 0 radical (unpaired) electrons. The van der Waals surface area contributed by atoms with Crippen LogP contribution >= 0.6 is 0 Å². The second-order valence-electron chi connectivity index (χ2n) is 6.03. The Morgan fingerprint density at radius 3 is 2.40 bits per heavy atom. The maximum atomic E-state index is 5.41. The van der Waals surface area contributed by atoms with Crippen LogP contribution in [0.5, 0.6) is 5.75 Å². The number of benzene rings is 1. The van der Waals surface area contributed by atoms with Crippen molar-refractivity contribution in [1.29, 1.82) is 0 Å². The third-order valence-corrected chi connectivity index (χ3v) is 4.01. The normalized spacial score (nSPS) is 16.8. The number of nitrogens with zero attached hydrogens (tertiary/aromatic N) is 2. The molecule has 1 aliphatic heterocycles. The van der Waals surface area contributed by atoms with Crippen LogP contribution in [-0.2, 0) is 6.42 Å². The number of ether oxygens (including phenoxy) is 1. The van der Waals surface area contributed by atoms with E-state index in [1.54, 1.807) is 7.11 Å². The van der Waals surface area contributed by atoms with Gasteiger partial charge in [-0.05, 0) is 36.1 Å². The third-order valence-electron chi connectivity index (χ3n) is 4.01. The van der Waals surface area contributed by atoms with Crippen molar-refractivity contribution >= 4 is 5.69 Å². The Kier molecular flexibility index (Phi) is 5.30. The zero-order valence-corrected chi connectivity index (χ0v) is 13.4. The number of methoxy groups -OCH3 is 1. The van der Waals surface area contributed by atoms with Gasteiger partial charge in [0.05, 0.1) is 7.11 Å². The molecular formula is C17H28N2O. The molecule has 3 nitrogen and oxygen atoms in total. The Labute approximate surface area is 123 Å². The first kappa shape index (κ1) is 15.2. The lowest BCUT2D eigenvalue weighted by atomic mass is 10.1. The molecule has 0 bridgehead atoms. The molecule has 3 heteroatoms. The Balaban J connectivity index is 2.00. The zero-order valence-electron chi connectivity index (χ0n) is 13.4. The first-order chi connectivity index (χ1) is 9.63. The fourth-order valence-corrected chi connectivity index (χ4v) is 2.94. The number of hydrogen-bond acceptors (Lipinski definition) is 3. The molecule has 112 valence electrons. The molecule has 1 fully saturated rings. The minimum absolute atomic E-state index is 0.759. The molecule has 0 amide bonds. The molecule has 1 saturated heterocycles. The number of piperazine rings is 1. The van der Waals surface area contributed by atoms with Gasteiger partial charge in [0.15, 0.2) is 0 Å². The van der Waals surface area contributed by atoms with Gasteiger partial charge >= 0.3 is 0 Å². The summed E-state index contributed by atoms with van der Waals surface area (Å²) in [5.41, 5.74) is 2.64. The number of aryl methyl sites for hydroxylation is 1. The van der Waals surface area contributed by atoms with Gasteiger partial charge in [-0.25, -0.2) is 0 Å². The Bertz CT molecular complexity index is 423. The van der Waals surface area contributed by atoms with Crippen LogP contribution in [0.2, 0.25) is 0 Å². The average Bonchev–Trinajstić information content (AvgIpc) is 2.46. The van der Waals surface area contributed by atoms with Crippen LogP contribution < -0.4 is 9.64 Å². The molecule has 0 aromatic heterocycles. The van der Waals surface area contributed by atoms with Gasteiger partial charge in [-0.1, -0.05) is 20.8 Å². The molecule has 0 spiro atoms. The van der Waals surface area contributed by atoms with Crippen molar-refractivity contribution in [2.45, 2.75) is 27.2 Å². The standard InChI is InChI=1S/C17H28N2O/c1-5-15-12-16(6-7-17(15)20-4)19-10-8-18(9-11-19)13-14(2)3/h6-7,12,14H,5,8-11,13H2,1-4H3. The maximum Gasteiger partial charge on any atom is 0.122 e. The molecule has 20 heavy (non-hydrogen) atoms. The van der Waals surface area contributed by atoms with E-state index < -0.39 is 0 Å². The van der Waals surface area contributed by atoms with Crippen LogP contribution in [0.3, 0.4) is 0 Å². The minimum atomic E-state index is 0.759. The molecule has 0 atom stereocenters. The summed E-state index contributed by atoms with van der Waals surface area (Å²) in [5.74, 6) is 1.77. The van der Waals surface area contributed by atoms with E-state index in [9.17, 15) is 0 Å². The van der Waals surface area contributed by atoms with E-state index in [0.29, 0.717) is 0 Å². The van der Waals surface area contributed by atoms with Crippen molar-refractivity contribution in [2.75, 3.05) is 44.7 Å². The summed E-state index contributed by atoms with van der Waals surface area (Å²) in [6, 6.07) is 6.59. The molecule has 1 aliphatic rings. The molecule has 0 aliphatic carbocycles. The lowest BCUT2D eigenvalue weighted by Gasteiger charge is -2.37. The van der Waals surface area contributed by atoms with E-state index in [-0.39, 0.29) is 0 Å². The van der Waals surface area contributed by atoms with Crippen LogP contribution in [0.1, 0.15) is 26.3 Å². The van der Waals surface area contributed by atoms with E-state index in [1.165, 1.54) is 30.9 Å². The molecule has 0 saturated carbocycles. The molecule has 2 rings (SSSR count). The first-order valence-electron chi connectivity index (χ1n) is 7.78. The molecular weight excluding hydrogens is 248 g/mol. The average molecular weight is 276 g/mol. The largest absolute Gasteiger partial charge is 0.496 e. The molecule has 0 unspecified atom stereocenters. The number of hydrogen-bond donors (Lipinski definition) is 0. The molecule has 0 N–H and O–H groups in total. The summed E-state index contributed by atoms with van der Waals surface area (Å²) in [7, 11) is 1.75. The maximum absolute atomic E-state index is 5.41. The van der Waals surface area contributed by atoms with Gasteiger partial charge in [0, 0.05) is 38.4 Å². The van der Waals surface area contributed by atoms with E-state index in [1.807, 2.05) is 0 Å². The second-order valence-corrected chi connectivity index (χ2v) is 6.03. The SMILES string of the molecule is CCc1cc(N2CCN(CC(C)C)CC2)ccc1OC. The van der Waals surface area contributed by atoms with Gasteiger partial charge in [0.1, 0.15) is 5.75 Å². The summed E-state index contributed by atoms with van der Waals surface area (Å²) < 4.78 is 5.41. The van der Waals surface area contributed by atoms with Crippen LogP contribution in [-0.4, -0.2) is 44.7 Å². The second kappa shape index (κ2) is 6.98. The summed E-state index contributed by atoms with van der Waals surface area (Å²) >= 11 is 0. The highest BCUT2D eigenvalue weighted by molar-refractivity contribution is 5.53. The van der Waals surface area contributed by atoms with Crippen molar-refractivity contribution in [2.24, 2.45) is 5.92 Å². The quantitative estimate of drug-likeness (QED) is 0.822. The van der Waals surface area contributed by atoms with Crippen molar-refractivity contribution in [3.8, 4) is 5.75 Å². The van der Waals surface area contributed by atoms with Crippen LogP contribution in [0.25, 0.3) is 0 Å². The molecule has 1 aromatic carbocycles. The lowest BCUT2D eigenvalue weighted by molar-refractivity contribution is 0.231. The highest BCUT2D eigenvalue weighted by atomic mass is 16.5. The minimum Gasteiger partial charge on any atom is -0.496 e. The Morgan fingerprint density at radius 1 is 1.15 bits per heavy atom. The smallest absolute Gasteiger partial charge is 0.122 e. The molecule has 1 heterocycles. The monoisotopic (exact) mass is 276 g/mol. The number of anilines is 1. The van der Waals surface area contributed by atoms with Gasteiger partial charge in [-0.3, -0.25) is 4.90 Å². The highest BCUT2D eigenvalue weighted by Crippen LogP contribution is 2.26. The number of rotatable bonds is 5. The van der Waals surface area contributed by atoms with E-state index in [4.69, 9.17) is 4.74 Å². The van der Waals surface area contributed by atoms with E-state index in [0.717, 1.165) is 31.2 Å².